The van der Waals surface area contributed by atoms with Gasteiger partial charge in [0.25, 0.3) is 0 Å². The zero-order chi connectivity index (χ0) is 13.9. The molecule has 1 atom stereocenters. The predicted octanol–water partition coefficient (Wildman–Crippen LogP) is 0.801. The van der Waals surface area contributed by atoms with Gasteiger partial charge in [0.15, 0.2) is 5.82 Å². The van der Waals surface area contributed by atoms with Crippen molar-refractivity contribution in [1.29, 1.82) is 0 Å². The minimum Gasteiger partial charge on any atom is -0.381 e. The molecule has 2 rings (SSSR count). The Bertz CT molecular complexity index is 669. The van der Waals surface area contributed by atoms with Crippen LogP contribution in [0.25, 0.3) is 11.0 Å². The molecule has 2 aromatic heterocycles. The van der Waals surface area contributed by atoms with Crippen LogP contribution in [-0.2, 0) is 14.8 Å². The molecule has 0 saturated heterocycles. The first kappa shape index (κ1) is 13.6. The van der Waals surface area contributed by atoms with Gasteiger partial charge in [-0.1, -0.05) is 0 Å². The number of nitrogens with zero attached hydrogens (tertiary/aromatic N) is 3. The maximum Gasteiger partial charge on any atom is 0.236 e. The molecule has 2 heterocycles. The Hall–Kier alpha value is -1.80. The number of anilines is 1. The summed E-state index contributed by atoms with van der Waals surface area (Å²) in [5.74, 6) is 0.0239. The molecule has 1 N–H and O–H groups in total. The smallest absolute Gasteiger partial charge is 0.236 e. The minimum absolute atomic E-state index is 0.151. The van der Waals surface area contributed by atoms with E-state index in [0.29, 0.717) is 11.0 Å². The summed E-state index contributed by atoms with van der Waals surface area (Å²) in [6, 6.07) is 3.46. The van der Waals surface area contributed by atoms with Crippen molar-refractivity contribution in [2.75, 3.05) is 17.6 Å². The summed E-state index contributed by atoms with van der Waals surface area (Å²) in [5, 5.41) is 0. The number of pyridine rings is 1. The lowest BCUT2D eigenvalue weighted by molar-refractivity contribution is 0.136. The van der Waals surface area contributed by atoms with E-state index in [1.807, 2.05) is 0 Å². The van der Waals surface area contributed by atoms with E-state index < -0.39 is 16.1 Å². The number of nitrogens with one attached hydrogen (secondary N) is 1. The molecule has 0 amide bonds. The van der Waals surface area contributed by atoms with Gasteiger partial charge < -0.3 is 4.74 Å². The highest BCUT2D eigenvalue weighted by atomic mass is 32.2. The van der Waals surface area contributed by atoms with Gasteiger partial charge in [-0.3, -0.25) is 9.71 Å². The SMILES string of the molecule is COC(C)CS(=O)(=O)Nc1ncnc2cccnc12. The van der Waals surface area contributed by atoms with E-state index in [1.165, 1.54) is 13.4 Å². The Kier molecular flexibility index (Phi) is 3.91. The predicted molar refractivity (Wildman–Crippen MR) is 71.2 cm³/mol. The Morgan fingerprint density at radius 3 is 2.89 bits per heavy atom. The quantitative estimate of drug-likeness (QED) is 0.871. The maximum absolute atomic E-state index is 11.9. The van der Waals surface area contributed by atoms with Crippen LogP contribution in [-0.4, -0.2) is 42.3 Å². The molecule has 0 spiro atoms. The van der Waals surface area contributed by atoms with Gasteiger partial charge in [0, 0.05) is 13.3 Å². The molecule has 19 heavy (non-hydrogen) atoms. The van der Waals surface area contributed by atoms with E-state index in [1.54, 1.807) is 25.3 Å². The highest BCUT2D eigenvalue weighted by Crippen LogP contribution is 2.17. The van der Waals surface area contributed by atoms with Crippen LogP contribution in [0.3, 0.4) is 0 Å². The van der Waals surface area contributed by atoms with Crippen molar-refractivity contribution in [3.63, 3.8) is 0 Å². The van der Waals surface area contributed by atoms with E-state index >= 15 is 0 Å². The van der Waals surface area contributed by atoms with Gasteiger partial charge in [0.1, 0.15) is 11.8 Å². The summed E-state index contributed by atoms with van der Waals surface area (Å²) in [6.45, 7) is 1.68. The van der Waals surface area contributed by atoms with Crippen LogP contribution in [0.5, 0.6) is 0 Å². The first-order chi connectivity index (χ1) is 9.02. The van der Waals surface area contributed by atoms with E-state index in [-0.39, 0.29) is 11.6 Å². The van der Waals surface area contributed by atoms with E-state index in [2.05, 4.69) is 19.7 Å². The molecule has 102 valence electrons. The average Bonchev–Trinajstić information content (AvgIpc) is 2.38. The molecule has 0 aromatic carbocycles. The highest BCUT2D eigenvalue weighted by Gasteiger charge is 2.17. The molecular weight excluding hydrogens is 268 g/mol. The summed E-state index contributed by atoms with van der Waals surface area (Å²) in [5.41, 5.74) is 0.994. The van der Waals surface area contributed by atoms with Crippen LogP contribution in [0, 0.1) is 0 Å². The van der Waals surface area contributed by atoms with Crippen LogP contribution in [0.15, 0.2) is 24.7 Å². The van der Waals surface area contributed by atoms with Crippen molar-refractivity contribution in [2.45, 2.75) is 13.0 Å². The van der Waals surface area contributed by atoms with Crippen molar-refractivity contribution in [3.8, 4) is 0 Å². The molecule has 8 heteroatoms. The molecular formula is C11H14N4O3S. The number of aromatic nitrogens is 3. The second-order valence-corrected chi connectivity index (χ2v) is 5.79. The maximum atomic E-state index is 11.9. The first-order valence-electron chi connectivity index (χ1n) is 5.61. The molecule has 7 nitrogen and oxygen atoms in total. The molecule has 0 radical (unpaired) electrons. The summed E-state index contributed by atoms with van der Waals surface area (Å²) >= 11 is 0. The highest BCUT2D eigenvalue weighted by molar-refractivity contribution is 7.92. The lowest BCUT2D eigenvalue weighted by Gasteiger charge is -2.12. The molecule has 0 aliphatic carbocycles. The van der Waals surface area contributed by atoms with Gasteiger partial charge in [-0.2, -0.15) is 0 Å². The van der Waals surface area contributed by atoms with Gasteiger partial charge >= 0.3 is 0 Å². The topological polar surface area (TPSA) is 94.1 Å². The molecule has 2 aromatic rings. The number of fused-ring (bicyclic) bond motifs is 1. The summed E-state index contributed by atoms with van der Waals surface area (Å²) in [4.78, 5) is 12.0. The van der Waals surface area contributed by atoms with Gasteiger partial charge in [-0.25, -0.2) is 18.4 Å². The van der Waals surface area contributed by atoms with Gasteiger partial charge in [-0.15, -0.1) is 0 Å². The Labute approximate surface area is 111 Å². The van der Waals surface area contributed by atoms with Crippen molar-refractivity contribution in [2.24, 2.45) is 0 Å². The monoisotopic (exact) mass is 282 g/mol. The zero-order valence-electron chi connectivity index (χ0n) is 10.6. The van der Waals surface area contributed by atoms with Gasteiger partial charge in [0.05, 0.1) is 17.4 Å². The third-order valence-corrected chi connectivity index (χ3v) is 3.92. The summed E-state index contributed by atoms with van der Waals surface area (Å²) in [6.07, 6.45) is 2.45. The molecule has 1 unspecified atom stereocenters. The lowest BCUT2D eigenvalue weighted by Crippen LogP contribution is -2.26. The second kappa shape index (κ2) is 5.45. The standard InChI is InChI=1S/C11H14N4O3S/c1-8(18-2)6-19(16,17)15-11-10-9(13-7-14-11)4-3-5-12-10/h3-5,7-8H,6H2,1-2H3,(H,13,14,15). The van der Waals surface area contributed by atoms with E-state index in [9.17, 15) is 8.42 Å². The van der Waals surface area contributed by atoms with Crippen molar-refractivity contribution < 1.29 is 13.2 Å². The summed E-state index contributed by atoms with van der Waals surface area (Å²) < 4.78 is 31.2. The van der Waals surface area contributed by atoms with E-state index in [4.69, 9.17) is 4.74 Å². The van der Waals surface area contributed by atoms with E-state index in [0.717, 1.165) is 0 Å². The fourth-order valence-electron chi connectivity index (χ4n) is 1.53. The summed E-state index contributed by atoms with van der Waals surface area (Å²) in [7, 11) is -2.08. The number of hydrogen-bond acceptors (Lipinski definition) is 6. The van der Waals surface area contributed by atoms with Crippen molar-refractivity contribution in [1.82, 2.24) is 15.0 Å². The Balaban J connectivity index is 2.31. The Morgan fingerprint density at radius 2 is 2.16 bits per heavy atom. The fourth-order valence-corrected chi connectivity index (χ4v) is 2.82. The number of rotatable bonds is 5. The van der Waals surface area contributed by atoms with Crippen molar-refractivity contribution >= 4 is 26.9 Å². The van der Waals surface area contributed by atoms with Gasteiger partial charge in [-0.05, 0) is 19.1 Å². The molecule has 0 saturated carbocycles. The molecule has 0 bridgehead atoms. The Morgan fingerprint density at radius 1 is 1.37 bits per heavy atom. The average molecular weight is 282 g/mol. The third-order valence-electron chi connectivity index (χ3n) is 2.50. The van der Waals surface area contributed by atoms with Crippen LogP contribution >= 0.6 is 0 Å². The second-order valence-electron chi connectivity index (χ2n) is 4.02. The third kappa shape index (κ3) is 3.36. The largest absolute Gasteiger partial charge is 0.381 e. The zero-order valence-corrected chi connectivity index (χ0v) is 11.4. The van der Waals surface area contributed by atoms with Crippen molar-refractivity contribution in [3.05, 3.63) is 24.7 Å². The van der Waals surface area contributed by atoms with Crippen LogP contribution in [0.2, 0.25) is 0 Å². The number of sulfonamides is 1. The van der Waals surface area contributed by atoms with Crippen LogP contribution in [0.1, 0.15) is 6.92 Å². The first-order valence-corrected chi connectivity index (χ1v) is 7.26. The molecule has 0 aliphatic heterocycles. The number of methoxy groups -OCH3 is 1. The normalized spacial score (nSPS) is 13.4. The molecule has 0 aliphatic rings. The van der Waals surface area contributed by atoms with Crippen LogP contribution in [0.4, 0.5) is 5.82 Å². The molecule has 0 fully saturated rings. The fraction of sp³-hybridized carbons (Fsp3) is 0.364. The number of hydrogen-bond donors (Lipinski definition) is 1. The lowest BCUT2D eigenvalue weighted by atomic mass is 10.3. The number of ether oxygens (including phenoxy) is 1. The minimum atomic E-state index is -3.54. The van der Waals surface area contributed by atoms with Gasteiger partial charge in [0.2, 0.25) is 10.0 Å². The van der Waals surface area contributed by atoms with Crippen LogP contribution < -0.4 is 4.72 Å².